The van der Waals surface area contributed by atoms with E-state index in [1.165, 1.54) is 21.5 Å². The molecule has 0 unspecified atom stereocenters. The van der Waals surface area contributed by atoms with Gasteiger partial charge in [0, 0.05) is 49.0 Å². The minimum Gasteiger partial charge on any atom is -0.309 e. The van der Waals surface area contributed by atoms with Gasteiger partial charge in [0.15, 0.2) is 17.5 Å². The third-order valence-corrected chi connectivity index (χ3v) is 14.9. The summed E-state index contributed by atoms with van der Waals surface area (Å²) < 4.78 is 7.39. The largest absolute Gasteiger partial charge is 0.309 e. The summed E-state index contributed by atoms with van der Waals surface area (Å²) in [6, 6.07) is 95.3. The summed E-state index contributed by atoms with van der Waals surface area (Å²) in [5.74, 6) is 1.76. The lowest BCUT2D eigenvalue weighted by atomic mass is 10.0. The van der Waals surface area contributed by atoms with Gasteiger partial charge in [0.2, 0.25) is 0 Å². The van der Waals surface area contributed by atoms with E-state index in [1.807, 2.05) is 24.3 Å². The molecule has 15 aromatic rings. The fourth-order valence-corrected chi connectivity index (χ4v) is 11.6. The first-order chi connectivity index (χ1) is 37.2. The fraction of sp³-hybridized carbons (Fsp3) is 0. The summed E-state index contributed by atoms with van der Waals surface area (Å²) in [6.45, 7) is 0. The molecule has 0 atom stereocenters. The van der Waals surface area contributed by atoms with Crippen LogP contribution in [-0.4, -0.2) is 28.7 Å². The Bertz CT molecular complexity index is 4580. The first-order valence-electron chi connectivity index (χ1n) is 25.4. The van der Waals surface area contributed by atoms with Gasteiger partial charge in [0.25, 0.3) is 0 Å². The van der Waals surface area contributed by atoms with Gasteiger partial charge in [-0.1, -0.05) is 212 Å². The van der Waals surface area contributed by atoms with Crippen molar-refractivity contribution in [3.05, 3.63) is 267 Å². The molecule has 0 bridgehead atoms. The van der Waals surface area contributed by atoms with Gasteiger partial charge in [-0.2, -0.15) is 0 Å². The average molecular weight is 957 g/mol. The zero-order valence-electron chi connectivity index (χ0n) is 40.6. The van der Waals surface area contributed by atoms with E-state index in [0.29, 0.717) is 17.5 Å². The van der Waals surface area contributed by atoms with Crippen LogP contribution in [0, 0.1) is 0 Å². The third kappa shape index (κ3) is 6.84. The zero-order chi connectivity index (χ0) is 49.4. The number of aromatic nitrogens is 6. The second kappa shape index (κ2) is 17.3. The average Bonchev–Trinajstić information content (AvgIpc) is 4.15. The molecule has 15 rings (SSSR count). The molecular formula is C69H44N6. The van der Waals surface area contributed by atoms with Crippen LogP contribution < -0.4 is 0 Å². The van der Waals surface area contributed by atoms with Crippen molar-refractivity contribution in [2.45, 2.75) is 0 Å². The second-order valence-corrected chi connectivity index (χ2v) is 19.1. The Morgan fingerprint density at radius 3 is 1.16 bits per heavy atom. The van der Waals surface area contributed by atoms with Crippen LogP contribution in [0.3, 0.4) is 0 Å². The van der Waals surface area contributed by atoms with E-state index in [1.54, 1.807) is 0 Å². The lowest BCUT2D eigenvalue weighted by Crippen LogP contribution is -2.05. The molecule has 0 amide bonds. The first kappa shape index (κ1) is 42.5. The predicted molar refractivity (Wildman–Crippen MR) is 310 cm³/mol. The molecule has 350 valence electrons. The van der Waals surface area contributed by atoms with E-state index in [-0.39, 0.29) is 0 Å². The van der Waals surface area contributed by atoms with Gasteiger partial charge in [0.05, 0.1) is 50.2 Å². The summed E-state index contributed by atoms with van der Waals surface area (Å²) in [4.78, 5) is 16.2. The maximum Gasteiger partial charge on any atom is 0.166 e. The molecule has 4 aromatic heterocycles. The number of para-hydroxylation sites is 5. The topological polar surface area (TPSA) is 53.5 Å². The van der Waals surface area contributed by atoms with E-state index in [0.717, 1.165) is 99.9 Å². The highest BCUT2D eigenvalue weighted by molar-refractivity contribution is 6.19. The Kier molecular flexibility index (Phi) is 9.78. The van der Waals surface area contributed by atoms with Crippen LogP contribution in [0.15, 0.2) is 267 Å². The van der Waals surface area contributed by atoms with Crippen molar-refractivity contribution in [3.8, 4) is 73.5 Å². The normalized spacial score (nSPS) is 11.7. The Hall–Kier alpha value is -10.2. The second-order valence-electron chi connectivity index (χ2n) is 19.1. The Morgan fingerprint density at radius 2 is 0.600 bits per heavy atom. The maximum atomic E-state index is 5.50. The molecule has 0 saturated heterocycles. The number of hydrogen-bond acceptors (Lipinski definition) is 3. The number of fused-ring (bicyclic) bond motifs is 9. The molecule has 0 aliphatic rings. The van der Waals surface area contributed by atoms with Crippen molar-refractivity contribution in [2.75, 3.05) is 0 Å². The van der Waals surface area contributed by atoms with E-state index in [9.17, 15) is 0 Å². The minimum atomic E-state index is 0.571. The first-order valence-corrected chi connectivity index (χ1v) is 25.4. The SMILES string of the molecule is c1ccc(-c2ccc(-c3nc(-c4ccccc4)nc(-c4cc(-c5ccccc5)ccc4-n4c5cccc(-n6c7ccccc7c7ccccc76)c5c5cccc(-n6c7ccccc7c7ccccc76)c54)n3)cc2)cc1. The number of nitrogens with zero attached hydrogens (tertiary/aromatic N) is 6. The van der Waals surface area contributed by atoms with Gasteiger partial charge >= 0.3 is 0 Å². The van der Waals surface area contributed by atoms with E-state index < -0.39 is 0 Å². The number of hydrogen-bond donors (Lipinski definition) is 0. The van der Waals surface area contributed by atoms with Gasteiger partial charge in [-0.3, -0.25) is 0 Å². The van der Waals surface area contributed by atoms with Gasteiger partial charge < -0.3 is 13.7 Å². The van der Waals surface area contributed by atoms with Crippen LogP contribution in [0.2, 0.25) is 0 Å². The van der Waals surface area contributed by atoms with Crippen LogP contribution in [-0.2, 0) is 0 Å². The lowest BCUT2D eigenvalue weighted by molar-refractivity contribution is 1.06. The standard InChI is InChI=1S/C69H44N6/c1-4-20-45(21-5-1)47-38-40-49(41-39-47)68-70-67(48-24-8-3-9-25-48)71-69(72-68)56-44-50(46-22-6-2-7-23-46)42-43-61(56)75-63-36-19-35-62(73-57-31-14-10-26-51(57)52-27-11-15-32-58(52)73)65(63)55-30-18-37-64(66(55)75)74-59-33-16-12-28-53(59)54-29-13-17-34-60(54)74/h1-44H. The third-order valence-electron chi connectivity index (χ3n) is 14.9. The Balaban J connectivity index is 1.07. The van der Waals surface area contributed by atoms with E-state index in [4.69, 9.17) is 15.0 Å². The molecular weight excluding hydrogens is 913 g/mol. The molecule has 0 aliphatic carbocycles. The van der Waals surface area contributed by atoms with Crippen molar-refractivity contribution in [2.24, 2.45) is 0 Å². The zero-order valence-corrected chi connectivity index (χ0v) is 40.6. The van der Waals surface area contributed by atoms with Gasteiger partial charge in [0.1, 0.15) is 0 Å². The summed E-state index contributed by atoms with van der Waals surface area (Å²) >= 11 is 0. The lowest BCUT2D eigenvalue weighted by Gasteiger charge is -2.18. The Morgan fingerprint density at radius 1 is 0.227 bits per heavy atom. The molecule has 4 heterocycles. The number of benzene rings is 11. The van der Waals surface area contributed by atoms with Crippen LogP contribution >= 0.6 is 0 Å². The maximum absolute atomic E-state index is 5.50. The highest BCUT2D eigenvalue weighted by Crippen LogP contribution is 2.45. The molecule has 6 heteroatoms. The fourth-order valence-electron chi connectivity index (χ4n) is 11.6. The van der Waals surface area contributed by atoms with Crippen LogP contribution in [0.4, 0.5) is 0 Å². The summed E-state index contributed by atoms with van der Waals surface area (Å²) in [5.41, 5.74) is 16.9. The van der Waals surface area contributed by atoms with E-state index >= 15 is 0 Å². The molecule has 75 heavy (non-hydrogen) atoms. The monoisotopic (exact) mass is 956 g/mol. The molecule has 0 saturated carbocycles. The van der Waals surface area contributed by atoms with Crippen molar-refractivity contribution < 1.29 is 0 Å². The molecule has 0 N–H and O–H groups in total. The summed E-state index contributed by atoms with van der Waals surface area (Å²) in [6.07, 6.45) is 0. The molecule has 0 radical (unpaired) electrons. The predicted octanol–water partition coefficient (Wildman–Crippen LogP) is 17.5. The van der Waals surface area contributed by atoms with Gasteiger partial charge in [-0.25, -0.2) is 15.0 Å². The molecule has 0 spiro atoms. The molecule has 0 fully saturated rings. The molecule has 11 aromatic carbocycles. The minimum absolute atomic E-state index is 0.571. The van der Waals surface area contributed by atoms with Crippen molar-refractivity contribution in [3.63, 3.8) is 0 Å². The summed E-state index contributed by atoms with van der Waals surface area (Å²) in [7, 11) is 0. The number of rotatable bonds is 8. The van der Waals surface area contributed by atoms with Crippen LogP contribution in [0.1, 0.15) is 0 Å². The molecule has 6 nitrogen and oxygen atoms in total. The smallest absolute Gasteiger partial charge is 0.166 e. The van der Waals surface area contributed by atoms with Gasteiger partial charge in [-0.05, 0) is 76.9 Å². The Labute approximate surface area is 432 Å². The highest BCUT2D eigenvalue weighted by Gasteiger charge is 2.26. The highest BCUT2D eigenvalue weighted by atomic mass is 15.1. The van der Waals surface area contributed by atoms with Crippen LogP contribution in [0.5, 0.6) is 0 Å². The van der Waals surface area contributed by atoms with Gasteiger partial charge in [-0.15, -0.1) is 0 Å². The van der Waals surface area contributed by atoms with E-state index in [2.05, 4.69) is 256 Å². The van der Waals surface area contributed by atoms with Crippen molar-refractivity contribution in [1.82, 2.24) is 28.7 Å². The quantitative estimate of drug-likeness (QED) is 0.152. The van der Waals surface area contributed by atoms with Crippen molar-refractivity contribution >= 4 is 65.4 Å². The van der Waals surface area contributed by atoms with Crippen molar-refractivity contribution in [1.29, 1.82) is 0 Å². The summed E-state index contributed by atoms with van der Waals surface area (Å²) in [5, 5.41) is 7.10. The van der Waals surface area contributed by atoms with Crippen LogP contribution in [0.25, 0.3) is 139 Å². The molecule has 0 aliphatic heterocycles.